The lowest BCUT2D eigenvalue weighted by Crippen LogP contribution is -2.27. The summed E-state index contributed by atoms with van der Waals surface area (Å²) in [5.74, 6) is 1.11. The van der Waals surface area contributed by atoms with Gasteiger partial charge in [-0.15, -0.1) is 0 Å². The van der Waals surface area contributed by atoms with E-state index in [0.717, 1.165) is 12.4 Å². The van der Waals surface area contributed by atoms with Crippen molar-refractivity contribution in [1.29, 1.82) is 0 Å². The van der Waals surface area contributed by atoms with Gasteiger partial charge < -0.3 is 4.74 Å². The summed E-state index contributed by atoms with van der Waals surface area (Å²) in [4.78, 5) is 19.8. The van der Waals surface area contributed by atoms with Crippen LogP contribution in [0.4, 0.5) is 0 Å². The minimum absolute atomic E-state index is 0.243. The van der Waals surface area contributed by atoms with Gasteiger partial charge in [0.15, 0.2) is 0 Å². The molecule has 1 aromatic carbocycles. The molecule has 0 radical (unpaired) electrons. The maximum atomic E-state index is 10.3. The number of amides is 2. The molecule has 0 atom stereocenters. The fourth-order valence-electron chi connectivity index (χ4n) is 2.68. The second-order valence-corrected chi connectivity index (χ2v) is 7.46. The van der Waals surface area contributed by atoms with Crippen molar-refractivity contribution >= 4 is 24.1 Å². The number of rotatable bonds is 6. The molecular formula is C19H29NO3S. The number of carbonyl (C=O) groups excluding carboxylic acids is 2. The van der Waals surface area contributed by atoms with E-state index in [-0.39, 0.29) is 5.91 Å². The molecule has 0 aliphatic heterocycles. The Morgan fingerprint density at radius 2 is 1.88 bits per heavy atom. The Bertz CT molecular complexity index is 496. The second-order valence-electron chi connectivity index (χ2n) is 6.59. The molecule has 0 bridgehead atoms. The minimum Gasteiger partial charge on any atom is -0.493 e. The summed E-state index contributed by atoms with van der Waals surface area (Å²) in [5, 5.41) is 2.01. The van der Waals surface area contributed by atoms with Gasteiger partial charge in [0, 0.05) is 5.41 Å². The highest BCUT2D eigenvalue weighted by Crippen LogP contribution is 2.36. The quantitative estimate of drug-likeness (QED) is 0.788. The Labute approximate surface area is 149 Å². The summed E-state index contributed by atoms with van der Waals surface area (Å²) in [5.41, 5.74) is 1.69. The molecule has 4 nitrogen and oxygen atoms in total. The number of benzene rings is 1. The highest BCUT2D eigenvalue weighted by molar-refractivity contribution is 7.99. The molecule has 1 N–H and O–H groups in total. The zero-order valence-corrected chi connectivity index (χ0v) is 15.8. The largest absolute Gasteiger partial charge is 0.493 e. The smallest absolute Gasteiger partial charge is 0.236 e. The molecule has 5 heteroatoms. The Kier molecular flexibility index (Phi) is 9.53. The van der Waals surface area contributed by atoms with E-state index < -0.39 is 0 Å². The third-order valence-corrected chi connectivity index (χ3v) is 4.72. The number of imide groups is 1. The molecule has 1 aliphatic rings. The maximum absolute atomic E-state index is 10.3. The van der Waals surface area contributed by atoms with Crippen LogP contribution in [0, 0.1) is 12.3 Å². The third kappa shape index (κ3) is 8.39. The van der Waals surface area contributed by atoms with E-state index in [1.54, 1.807) is 6.26 Å². The lowest BCUT2D eigenvalue weighted by atomic mass is 9.76. The van der Waals surface area contributed by atoms with Crippen LogP contribution >= 0.6 is 11.8 Å². The molecule has 2 rings (SSSR count). The van der Waals surface area contributed by atoms with Gasteiger partial charge in [0.25, 0.3) is 0 Å². The Morgan fingerprint density at radius 1 is 1.25 bits per heavy atom. The average Bonchev–Trinajstić information content (AvgIpc) is 2.56. The van der Waals surface area contributed by atoms with Crippen molar-refractivity contribution in [3.8, 4) is 5.75 Å². The monoisotopic (exact) mass is 351 g/mol. The van der Waals surface area contributed by atoms with Crippen LogP contribution in [-0.4, -0.2) is 30.9 Å². The molecule has 1 saturated carbocycles. The van der Waals surface area contributed by atoms with E-state index in [9.17, 15) is 9.59 Å². The van der Waals surface area contributed by atoms with Crippen molar-refractivity contribution in [1.82, 2.24) is 5.32 Å². The Balaban J connectivity index is 0.000000307. The summed E-state index contributed by atoms with van der Waals surface area (Å²) >= 11 is 1.38. The number of ether oxygens (including phenoxy) is 1. The van der Waals surface area contributed by atoms with Crippen molar-refractivity contribution in [2.45, 2.75) is 46.0 Å². The minimum atomic E-state index is -0.243. The van der Waals surface area contributed by atoms with Crippen LogP contribution in [0.25, 0.3) is 0 Å². The van der Waals surface area contributed by atoms with Crippen molar-refractivity contribution in [2.75, 3.05) is 18.6 Å². The van der Waals surface area contributed by atoms with Gasteiger partial charge in [0.05, 0.1) is 12.4 Å². The van der Waals surface area contributed by atoms with Crippen LogP contribution in [-0.2, 0) is 9.59 Å². The molecule has 1 aromatic rings. The van der Waals surface area contributed by atoms with Crippen LogP contribution in [0.15, 0.2) is 24.3 Å². The van der Waals surface area contributed by atoms with Gasteiger partial charge in [-0.25, -0.2) is 0 Å². The summed E-state index contributed by atoms with van der Waals surface area (Å²) in [6.45, 7) is 5.34. The average molecular weight is 352 g/mol. The number of carbonyl (C=O) groups is 2. The maximum Gasteiger partial charge on any atom is 0.236 e. The summed E-state index contributed by atoms with van der Waals surface area (Å²) in [6, 6.07) is 8.36. The van der Waals surface area contributed by atoms with E-state index in [4.69, 9.17) is 4.74 Å². The normalized spacial score (nSPS) is 15.6. The van der Waals surface area contributed by atoms with Gasteiger partial charge in [0.1, 0.15) is 5.75 Å². The predicted molar refractivity (Wildman–Crippen MR) is 100 cm³/mol. The number of hydrogen-bond acceptors (Lipinski definition) is 4. The third-order valence-electron chi connectivity index (χ3n) is 4.16. The van der Waals surface area contributed by atoms with Crippen LogP contribution in [0.5, 0.6) is 5.75 Å². The van der Waals surface area contributed by atoms with Gasteiger partial charge in [-0.1, -0.05) is 43.9 Å². The highest BCUT2D eigenvalue weighted by Gasteiger charge is 2.27. The van der Waals surface area contributed by atoms with E-state index in [1.165, 1.54) is 49.4 Å². The lowest BCUT2D eigenvalue weighted by molar-refractivity contribution is -0.123. The number of hydrogen-bond donors (Lipinski definition) is 1. The van der Waals surface area contributed by atoms with Gasteiger partial charge >= 0.3 is 0 Å². The molecule has 0 saturated heterocycles. The van der Waals surface area contributed by atoms with E-state index >= 15 is 0 Å². The Hall–Kier alpha value is -1.49. The Morgan fingerprint density at radius 3 is 2.42 bits per heavy atom. The number of thioether (sulfide) groups is 1. The van der Waals surface area contributed by atoms with Gasteiger partial charge in [-0.2, -0.15) is 11.8 Å². The molecule has 2 amide bonds. The fourth-order valence-corrected chi connectivity index (χ4v) is 3.03. The first-order valence-electron chi connectivity index (χ1n) is 8.40. The SMILES string of the molecule is CSCC(=O)NC=O.Cc1ccc(OCC2(C)CCCCC2)cc1. The van der Waals surface area contributed by atoms with Crippen LogP contribution in [0.2, 0.25) is 0 Å². The molecule has 134 valence electrons. The van der Waals surface area contributed by atoms with Gasteiger partial charge in [-0.05, 0) is 38.2 Å². The van der Waals surface area contributed by atoms with Crippen molar-refractivity contribution in [3.63, 3.8) is 0 Å². The van der Waals surface area contributed by atoms with Gasteiger partial charge in [-0.3, -0.25) is 14.9 Å². The molecule has 1 aliphatic carbocycles. The van der Waals surface area contributed by atoms with Crippen molar-refractivity contribution in [3.05, 3.63) is 29.8 Å². The molecule has 24 heavy (non-hydrogen) atoms. The molecule has 0 unspecified atom stereocenters. The zero-order valence-electron chi connectivity index (χ0n) is 15.0. The number of nitrogens with one attached hydrogen (secondary N) is 1. The molecular weight excluding hydrogens is 322 g/mol. The molecule has 0 spiro atoms. The van der Waals surface area contributed by atoms with Crippen LogP contribution in [0.3, 0.4) is 0 Å². The van der Waals surface area contributed by atoms with E-state index in [1.807, 2.05) is 5.32 Å². The number of aryl methyl sites for hydroxylation is 1. The second kappa shape index (κ2) is 11.1. The molecule has 0 heterocycles. The van der Waals surface area contributed by atoms with Crippen LogP contribution < -0.4 is 10.1 Å². The predicted octanol–water partition coefficient (Wildman–Crippen LogP) is 3.97. The standard InChI is InChI=1S/C15H22O.C4H7NO2S/c1-13-6-8-14(9-7-13)16-12-15(2)10-4-3-5-11-15;1-8-2-4(7)5-3-6/h6-9H,3-5,10-12H2,1-2H3;3H,2H2,1H3,(H,5,6,7). The lowest BCUT2D eigenvalue weighted by Gasteiger charge is -2.33. The summed E-state index contributed by atoms with van der Waals surface area (Å²) < 4.78 is 5.90. The fraction of sp³-hybridized carbons (Fsp3) is 0.579. The van der Waals surface area contributed by atoms with E-state index in [2.05, 4.69) is 38.1 Å². The molecule has 0 aromatic heterocycles. The van der Waals surface area contributed by atoms with Crippen molar-refractivity contribution < 1.29 is 14.3 Å². The topological polar surface area (TPSA) is 55.4 Å². The first-order chi connectivity index (χ1) is 11.5. The van der Waals surface area contributed by atoms with Crippen LogP contribution in [0.1, 0.15) is 44.6 Å². The van der Waals surface area contributed by atoms with Gasteiger partial charge in [0.2, 0.25) is 12.3 Å². The zero-order chi connectivity index (χ0) is 17.8. The highest BCUT2D eigenvalue weighted by atomic mass is 32.2. The first kappa shape index (κ1) is 20.6. The van der Waals surface area contributed by atoms with Crippen molar-refractivity contribution in [2.24, 2.45) is 5.41 Å². The van der Waals surface area contributed by atoms with E-state index in [0.29, 0.717) is 17.6 Å². The first-order valence-corrected chi connectivity index (χ1v) is 9.80. The summed E-state index contributed by atoms with van der Waals surface area (Å²) in [7, 11) is 0. The molecule has 1 fully saturated rings. The summed E-state index contributed by atoms with van der Waals surface area (Å²) in [6.07, 6.45) is 8.96.